The Labute approximate surface area is 176 Å². The Balaban J connectivity index is 1.54. The number of carbonyl (C=O) groups is 3. The number of anilines is 2. The van der Waals surface area contributed by atoms with E-state index in [1.54, 1.807) is 29.2 Å². The first-order valence-corrected chi connectivity index (χ1v) is 10.7. The summed E-state index contributed by atoms with van der Waals surface area (Å²) >= 11 is 0. The molecule has 4 rings (SSSR count). The number of rotatable bonds is 6. The molecule has 0 radical (unpaired) electrons. The SMILES string of the molecule is CCc1ccc(NC(=O)C[C@@H]2C(=O)N(c3ccccc3)C(=O)N2C2CCCC2)cc1. The Morgan fingerprint density at radius 1 is 1.00 bits per heavy atom. The average Bonchev–Trinajstić information content (AvgIpc) is 3.36. The Morgan fingerprint density at radius 3 is 2.30 bits per heavy atom. The van der Waals surface area contributed by atoms with Crippen molar-refractivity contribution in [3.63, 3.8) is 0 Å². The van der Waals surface area contributed by atoms with Crippen molar-refractivity contribution in [1.82, 2.24) is 4.90 Å². The van der Waals surface area contributed by atoms with Crippen molar-refractivity contribution in [2.75, 3.05) is 10.2 Å². The predicted octanol–water partition coefficient (Wildman–Crippen LogP) is 4.36. The van der Waals surface area contributed by atoms with Gasteiger partial charge in [-0.2, -0.15) is 0 Å². The molecule has 1 aliphatic heterocycles. The van der Waals surface area contributed by atoms with Gasteiger partial charge in [-0.25, -0.2) is 9.69 Å². The normalized spacial score (nSPS) is 19.6. The topological polar surface area (TPSA) is 69.7 Å². The number of nitrogens with zero attached hydrogens (tertiary/aromatic N) is 2. The van der Waals surface area contributed by atoms with Gasteiger partial charge >= 0.3 is 6.03 Å². The van der Waals surface area contributed by atoms with Gasteiger partial charge in [0.2, 0.25) is 5.91 Å². The lowest BCUT2D eigenvalue weighted by Gasteiger charge is -2.27. The number of amides is 4. The van der Waals surface area contributed by atoms with E-state index in [0.29, 0.717) is 11.4 Å². The van der Waals surface area contributed by atoms with Gasteiger partial charge in [0.25, 0.3) is 5.91 Å². The van der Waals surface area contributed by atoms with Crippen LogP contribution in [0.15, 0.2) is 54.6 Å². The summed E-state index contributed by atoms with van der Waals surface area (Å²) in [5.41, 5.74) is 2.44. The smallest absolute Gasteiger partial charge is 0.326 e. The second-order valence-electron chi connectivity index (χ2n) is 7.96. The van der Waals surface area contributed by atoms with Gasteiger partial charge in [-0.15, -0.1) is 0 Å². The minimum Gasteiger partial charge on any atom is -0.326 e. The minimum absolute atomic E-state index is 0.0109. The van der Waals surface area contributed by atoms with Crippen LogP contribution in [0.4, 0.5) is 16.2 Å². The highest BCUT2D eigenvalue weighted by atomic mass is 16.2. The van der Waals surface area contributed by atoms with Crippen molar-refractivity contribution < 1.29 is 14.4 Å². The molecule has 2 aromatic rings. The number of nitrogens with one attached hydrogen (secondary N) is 1. The van der Waals surface area contributed by atoms with E-state index >= 15 is 0 Å². The fraction of sp³-hybridized carbons (Fsp3) is 0.375. The number of imide groups is 1. The van der Waals surface area contributed by atoms with Crippen LogP contribution in [-0.2, 0) is 16.0 Å². The molecule has 2 aliphatic rings. The Kier molecular flexibility index (Phi) is 5.84. The van der Waals surface area contributed by atoms with Crippen molar-refractivity contribution in [2.24, 2.45) is 0 Å². The molecule has 1 N–H and O–H groups in total. The lowest BCUT2D eigenvalue weighted by Crippen LogP contribution is -2.43. The van der Waals surface area contributed by atoms with E-state index in [9.17, 15) is 14.4 Å². The van der Waals surface area contributed by atoms with Crippen molar-refractivity contribution in [3.05, 3.63) is 60.2 Å². The molecular weight excluding hydrogens is 378 g/mol. The zero-order valence-corrected chi connectivity index (χ0v) is 17.2. The van der Waals surface area contributed by atoms with Gasteiger partial charge in [-0.3, -0.25) is 9.59 Å². The number of urea groups is 1. The van der Waals surface area contributed by atoms with E-state index in [4.69, 9.17) is 0 Å². The molecule has 156 valence electrons. The zero-order valence-electron chi connectivity index (χ0n) is 17.2. The molecule has 1 aliphatic carbocycles. The van der Waals surface area contributed by atoms with E-state index in [2.05, 4.69) is 12.2 Å². The molecule has 30 heavy (non-hydrogen) atoms. The summed E-state index contributed by atoms with van der Waals surface area (Å²) in [5, 5.41) is 2.87. The summed E-state index contributed by atoms with van der Waals surface area (Å²) < 4.78 is 0. The molecule has 0 bridgehead atoms. The molecule has 2 fully saturated rings. The van der Waals surface area contributed by atoms with E-state index in [1.807, 2.05) is 30.3 Å². The Morgan fingerprint density at radius 2 is 1.67 bits per heavy atom. The molecule has 6 nitrogen and oxygen atoms in total. The average molecular weight is 405 g/mol. The fourth-order valence-electron chi connectivity index (χ4n) is 4.42. The number of hydrogen-bond donors (Lipinski definition) is 1. The first-order valence-electron chi connectivity index (χ1n) is 10.7. The molecule has 4 amide bonds. The molecule has 0 unspecified atom stereocenters. The second-order valence-corrected chi connectivity index (χ2v) is 7.96. The number of hydrogen-bond acceptors (Lipinski definition) is 3. The molecular formula is C24H27N3O3. The van der Waals surface area contributed by atoms with Gasteiger partial charge in [-0.05, 0) is 49.1 Å². The highest BCUT2D eigenvalue weighted by molar-refractivity contribution is 6.22. The summed E-state index contributed by atoms with van der Waals surface area (Å²) in [6.45, 7) is 2.08. The lowest BCUT2D eigenvalue weighted by atomic mass is 10.1. The molecule has 1 atom stereocenters. The largest absolute Gasteiger partial charge is 0.332 e. The molecule has 1 saturated heterocycles. The van der Waals surface area contributed by atoms with Crippen molar-refractivity contribution in [3.8, 4) is 0 Å². The van der Waals surface area contributed by atoms with Crippen LogP contribution < -0.4 is 10.2 Å². The highest BCUT2D eigenvalue weighted by Crippen LogP contribution is 2.34. The third-order valence-electron chi connectivity index (χ3n) is 6.01. The number of aryl methyl sites for hydroxylation is 1. The molecule has 1 heterocycles. The number of para-hydroxylation sites is 1. The fourth-order valence-corrected chi connectivity index (χ4v) is 4.42. The Hall–Kier alpha value is -3.15. The summed E-state index contributed by atoms with van der Waals surface area (Å²) in [7, 11) is 0. The van der Waals surface area contributed by atoms with Crippen LogP contribution in [-0.4, -0.2) is 34.8 Å². The van der Waals surface area contributed by atoms with Gasteiger partial charge in [-0.1, -0.05) is 50.1 Å². The molecule has 0 aromatic heterocycles. The van der Waals surface area contributed by atoms with Crippen LogP contribution in [0.1, 0.15) is 44.6 Å². The van der Waals surface area contributed by atoms with Crippen molar-refractivity contribution >= 4 is 29.2 Å². The van der Waals surface area contributed by atoms with Crippen molar-refractivity contribution in [1.29, 1.82) is 0 Å². The monoisotopic (exact) mass is 405 g/mol. The zero-order chi connectivity index (χ0) is 21.1. The van der Waals surface area contributed by atoms with Crippen molar-refractivity contribution in [2.45, 2.75) is 57.5 Å². The third-order valence-corrected chi connectivity index (χ3v) is 6.01. The van der Waals surface area contributed by atoms with E-state index < -0.39 is 6.04 Å². The maximum absolute atomic E-state index is 13.2. The minimum atomic E-state index is -0.768. The first-order chi connectivity index (χ1) is 14.6. The second kappa shape index (κ2) is 8.69. The van der Waals surface area contributed by atoms with E-state index in [1.165, 1.54) is 10.5 Å². The molecule has 1 saturated carbocycles. The van der Waals surface area contributed by atoms with Crippen LogP contribution in [0, 0.1) is 0 Å². The molecule has 2 aromatic carbocycles. The van der Waals surface area contributed by atoms with Crippen LogP contribution in [0.2, 0.25) is 0 Å². The predicted molar refractivity (Wildman–Crippen MR) is 116 cm³/mol. The Bertz CT molecular complexity index is 920. The summed E-state index contributed by atoms with van der Waals surface area (Å²) in [4.78, 5) is 42.1. The summed E-state index contributed by atoms with van der Waals surface area (Å²) in [6.07, 6.45) is 4.71. The van der Waals surface area contributed by atoms with E-state index in [-0.39, 0.29) is 30.3 Å². The summed E-state index contributed by atoms with van der Waals surface area (Å²) in [6, 6.07) is 15.6. The molecule has 6 heteroatoms. The maximum Gasteiger partial charge on any atom is 0.332 e. The number of benzene rings is 2. The highest BCUT2D eigenvalue weighted by Gasteiger charge is 2.49. The number of carbonyl (C=O) groups excluding carboxylic acids is 3. The maximum atomic E-state index is 13.2. The van der Waals surface area contributed by atoms with Gasteiger partial charge < -0.3 is 10.2 Å². The third kappa shape index (κ3) is 3.95. The summed E-state index contributed by atoms with van der Waals surface area (Å²) in [5.74, 6) is -0.585. The van der Waals surface area contributed by atoms with Gasteiger partial charge in [0.15, 0.2) is 0 Å². The molecule has 0 spiro atoms. The van der Waals surface area contributed by atoms with Crippen LogP contribution >= 0.6 is 0 Å². The van der Waals surface area contributed by atoms with Gasteiger partial charge in [0, 0.05) is 11.7 Å². The van der Waals surface area contributed by atoms with Crippen LogP contribution in [0.5, 0.6) is 0 Å². The van der Waals surface area contributed by atoms with E-state index in [0.717, 1.165) is 32.1 Å². The first kappa shape index (κ1) is 20.1. The van der Waals surface area contributed by atoms with Gasteiger partial charge in [0.05, 0.1) is 12.1 Å². The van der Waals surface area contributed by atoms with Crippen LogP contribution in [0.3, 0.4) is 0 Å². The standard InChI is InChI=1S/C24H27N3O3/c1-2-17-12-14-18(15-13-17)25-22(28)16-21-23(29)27(20-8-4-3-5-9-20)24(30)26(21)19-10-6-7-11-19/h3-5,8-9,12-15,19,21H,2,6-7,10-11,16H2,1H3,(H,25,28)/t21-/m1/s1. The van der Waals surface area contributed by atoms with Crippen LogP contribution in [0.25, 0.3) is 0 Å². The van der Waals surface area contributed by atoms with Gasteiger partial charge in [0.1, 0.15) is 6.04 Å². The lowest BCUT2D eigenvalue weighted by molar-refractivity contribution is -0.124. The quantitative estimate of drug-likeness (QED) is 0.726.